The van der Waals surface area contributed by atoms with E-state index in [9.17, 15) is 8.42 Å². The Hall–Kier alpha value is -0.260. The molecule has 1 aromatic carbocycles. The normalized spacial score (nSPS) is 11.3. The average molecular weight is 286 g/mol. The smallest absolute Gasteiger partial charge is 0.266 e. The van der Waals surface area contributed by atoms with Crippen molar-refractivity contribution in [2.45, 2.75) is 4.90 Å². The summed E-state index contributed by atoms with van der Waals surface area (Å²) < 4.78 is 27.4. The van der Waals surface area contributed by atoms with Gasteiger partial charge in [-0.05, 0) is 28.1 Å². The molecule has 1 rings (SSSR count). The van der Waals surface area contributed by atoms with E-state index in [2.05, 4.69) is 15.9 Å². The van der Waals surface area contributed by atoms with E-state index >= 15 is 0 Å². The van der Waals surface area contributed by atoms with E-state index < -0.39 is 9.05 Å². The largest absolute Gasteiger partial charge is 0.495 e. The molecule has 0 fully saturated rings. The van der Waals surface area contributed by atoms with Gasteiger partial charge in [-0.15, -0.1) is 0 Å². The first kappa shape index (κ1) is 10.8. The molecule has 0 atom stereocenters. The summed E-state index contributed by atoms with van der Waals surface area (Å²) in [5, 5.41) is 0. The van der Waals surface area contributed by atoms with Gasteiger partial charge in [0.25, 0.3) is 9.05 Å². The minimum absolute atomic E-state index is 0.0424. The van der Waals surface area contributed by atoms with E-state index in [0.29, 0.717) is 4.47 Å². The fourth-order valence-electron chi connectivity index (χ4n) is 0.886. The molecule has 0 spiro atoms. The quantitative estimate of drug-likeness (QED) is 0.784. The van der Waals surface area contributed by atoms with E-state index in [1.165, 1.54) is 13.2 Å². The molecule has 0 bridgehead atoms. The van der Waals surface area contributed by atoms with Gasteiger partial charge < -0.3 is 4.74 Å². The lowest BCUT2D eigenvalue weighted by Gasteiger charge is -2.06. The summed E-state index contributed by atoms with van der Waals surface area (Å²) in [7, 11) is 2.82. The summed E-state index contributed by atoms with van der Waals surface area (Å²) in [6.45, 7) is 0. The van der Waals surface area contributed by atoms with Crippen molar-refractivity contribution in [1.82, 2.24) is 0 Å². The second kappa shape index (κ2) is 3.86. The van der Waals surface area contributed by atoms with E-state index in [0.717, 1.165) is 0 Å². The van der Waals surface area contributed by atoms with Gasteiger partial charge in [0, 0.05) is 15.2 Å². The second-order valence-electron chi connectivity index (χ2n) is 2.21. The van der Waals surface area contributed by atoms with Gasteiger partial charge in [-0.25, -0.2) is 8.42 Å². The number of methoxy groups -OCH3 is 1. The van der Waals surface area contributed by atoms with Gasteiger partial charge in [0.1, 0.15) is 10.6 Å². The second-order valence-corrected chi connectivity index (χ2v) is 5.57. The number of ether oxygens (including phenoxy) is 1. The third-order valence-electron chi connectivity index (χ3n) is 1.39. The van der Waals surface area contributed by atoms with Gasteiger partial charge in [-0.3, -0.25) is 0 Å². The first-order valence-electron chi connectivity index (χ1n) is 3.24. The predicted molar refractivity (Wildman–Crippen MR) is 53.7 cm³/mol. The van der Waals surface area contributed by atoms with Crippen molar-refractivity contribution in [2.75, 3.05) is 7.11 Å². The van der Waals surface area contributed by atoms with Crippen molar-refractivity contribution in [3.63, 3.8) is 0 Å². The Labute approximate surface area is 89.2 Å². The topological polar surface area (TPSA) is 43.4 Å². The number of hydrogen-bond donors (Lipinski definition) is 0. The summed E-state index contributed by atoms with van der Waals surface area (Å²) >= 11 is 3.08. The summed E-state index contributed by atoms with van der Waals surface area (Å²) in [6.07, 6.45) is 0. The SMILES string of the molecule is COc1cccc(Br)c1S(=O)(=O)Cl. The maximum atomic E-state index is 11.1. The first-order valence-corrected chi connectivity index (χ1v) is 6.34. The number of benzene rings is 1. The molecular formula is C7H6BrClO3S. The van der Waals surface area contributed by atoms with E-state index in [-0.39, 0.29) is 10.6 Å². The maximum Gasteiger partial charge on any atom is 0.266 e. The van der Waals surface area contributed by atoms with Gasteiger partial charge in [0.15, 0.2) is 0 Å². The molecule has 13 heavy (non-hydrogen) atoms. The summed E-state index contributed by atoms with van der Waals surface area (Å²) in [5.74, 6) is 0.226. The molecule has 72 valence electrons. The van der Waals surface area contributed by atoms with Crippen LogP contribution in [0.4, 0.5) is 0 Å². The van der Waals surface area contributed by atoms with Gasteiger partial charge in [-0.1, -0.05) is 6.07 Å². The first-order chi connectivity index (χ1) is 5.96. The van der Waals surface area contributed by atoms with Crippen molar-refractivity contribution < 1.29 is 13.2 Å². The Balaban J connectivity index is 3.50. The van der Waals surface area contributed by atoms with Crippen LogP contribution in [0, 0.1) is 0 Å². The van der Waals surface area contributed by atoms with Crippen LogP contribution >= 0.6 is 26.6 Å². The van der Waals surface area contributed by atoms with Crippen LogP contribution in [0.5, 0.6) is 5.75 Å². The molecule has 0 aromatic heterocycles. The van der Waals surface area contributed by atoms with Crippen LogP contribution in [-0.4, -0.2) is 15.5 Å². The molecule has 0 saturated heterocycles. The average Bonchev–Trinajstić information content (AvgIpc) is 2.01. The highest BCUT2D eigenvalue weighted by atomic mass is 79.9. The van der Waals surface area contributed by atoms with E-state index in [4.69, 9.17) is 15.4 Å². The van der Waals surface area contributed by atoms with Crippen LogP contribution in [0.3, 0.4) is 0 Å². The van der Waals surface area contributed by atoms with Crippen molar-refractivity contribution in [2.24, 2.45) is 0 Å². The molecule has 0 saturated carbocycles. The van der Waals surface area contributed by atoms with Crippen LogP contribution in [0.2, 0.25) is 0 Å². The van der Waals surface area contributed by atoms with Gasteiger partial charge in [0.2, 0.25) is 0 Å². The summed E-state index contributed by atoms with van der Waals surface area (Å²) in [4.78, 5) is -0.0424. The third kappa shape index (κ3) is 2.36. The van der Waals surface area contributed by atoms with Crippen LogP contribution < -0.4 is 4.74 Å². The Bertz CT molecular complexity index is 416. The van der Waals surface area contributed by atoms with Crippen molar-refractivity contribution in [3.8, 4) is 5.75 Å². The molecule has 1 aromatic rings. The number of halogens is 2. The zero-order chi connectivity index (χ0) is 10.1. The van der Waals surface area contributed by atoms with Gasteiger partial charge in [-0.2, -0.15) is 0 Å². The monoisotopic (exact) mass is 284 g/mol. The highest BCUT2D eigenvalue weighted by Gasteiger charge is 2.19. The Kier molecular flexibility index (Phi) is 3.21. The predicted octanol–water partition coefficient (Wildman–Crippen LogP) is 2.39. The fourth-order valence-corrected chi connectivity index (χ4v) is 3.32. The molecule has 0 amide bonds. The van der Waals surface area contributed by atoms with Gasteiger partial charge in [0.05, 0.1) is 7.11 Å². The van der Waals surface area contributed by atoms with Crippen LogP contribution in [0.1, 0.15) is 0 Å². The van der Waals surface area contributed by atoms with Crippen LogP contribution in [-0.2, 0) is 9.05 Å². The zero-order valence-electron chi connectivity index (χ0n) is 6.62. The van der Waals surface area contributed by atoms with Gasteiger partial charge >= 0.3 is 0 Å². The Morgan fingerprint density at radius 1 is 1.46 bits per heavy atom. The molecule has 3 nitrogen and oxygen atoms in total. The van der Waals surface area contributed by atoms with Crippen molar-refractivity contribution in [1.29, 1.82) is 0 Å². The summed E-state index contributed by atoms with van der Waals surface area (Å²) in [5.41, 5.74) is 0. The summed E-state index contributed by atoms with van der Waals surface area (Å²) in [6, 6.07) is 4.77. The molecule has 0 N–H and O–H groups in total. The number of rotatable bonds is 2. The zero-order valence-corrected chi connectivity index (χ0v) is 9.78. The minimum atomic E-state index is -3.78. The van der Waals surface area contributed by atoms with E-state index in [1.54, 1.807) is 12.1 Å². The lowest BCUT2D eigenvalue weighted by molar-refractivity contribution is 0.402. The van der Waals surface area contributed by atoms with E-state index in [1.807, 2.05) is 0 Å². The maximum absolute atomic E-state index is 11.1. The molecule has 0 aliphatic heterocycles. The molecule has 0 aliphatic rings. The highest BCUT2D eigenvalue weighted by molar-refractivity contribution is 9.10. The molecule has 6 heteroatoms. The lowest BCUT2D eigenvalue weighted by atomic mass is 10.3. The molecular weight excluding hydrogens is 279 g/mol. The van der Waals surface area contributed by atoms with Crippen LogP contribution in [0.25, 0.3) is 0 Å². The minimum Gasteiger partial charge on any atom is -0.495 e. The van der Waals surface area contributed by atoms with Crippen LogP contribution in [0.15, 0.2) is 27.6 Å². The standard InChI is InChI=1S/C7H6BrClO3S/c1-12-6-4-2-3-5(8)7(6)13(9,10)11/h2-4H,1H3. The molecule has 0 heterocycles. The third-order valence-corrected chi connectivity index (χ3v) is 3.69. The fraction of sp³-hybridized carbons (Fsp3) is 0.143. The molecule has 0 radical (unpaired) electrons. The molecule has 0 aliphatic carbocycles. The Morgan fingerprint density at radius 3 is 2.46 bits per heavy atom. The number of hydrogen-bond acceptors (Lipinski definition) is 3. The highest BCUT2D eigenvalue weighted by Crippen LogP contribution is 2.33. The van der Waals surface area contributed by atoms with Crippen molar-refractivity contribution in [3.05, 3.63) is 22.7 Å². The Morgan fingerprint density at radius 2 is 2.08 bits per heavy atom. The lowest BCUT2D eigenvalue weighted by Crippen LogP contribution is -1.96. The molecule has 0 unspecified atom stereocenters. The van der Waals surface area contributed by atoms with Crippen molar-refractivity contribution >= 4 is 35.7 Å².